The van der Waals surface area contributed by atoms with Gasteiger partial charge in [-0.15, -0.1) is 0 Å². The Morgan fingerprint density at radius 1 is 0.464 bits per heavy atom. The normalized spacial score (nSPS) is 18.6. The highest BCUT2D eigenvalue weighted by molar-refractivity contribution is 5.88. The zero-order valence-corrected chi connectivity index (χ0v) is 17.2. The van der Waals surface area contributed by atoms with Gasteiger partial charge in [-0.1, -0.05) is 100 Å². The van der Waals surface area contributed by atoms with Crippen LogP contribution in [0.1, 0.15) is 61.8 Å². The lowest BCUT2D eigenvalue weighted by Crippen LogP contribution is -2.24. The van der Waals surface area contributed by atoms with Crippen molar-refractivity contribution in [1.82, 2.24) is 0 Å². The molecular formula is C28H28. The Bertz CT molecular complexity index is 999. The van der Waals surface area contributed by atoms with Crippen molar-refractivity contribution < 1.29 is 0 Å². The van der Waals surface area contributed by atoms with Crippen LogP contribution in [-0.4, -0.2) is 0 Å². The van der Waals surface area contributed by atoms with E-state index < -0.39 is 0 Å². The molecule has 0 aliphatic heterocycles. The van der Waals surface area contributed by atoms with E-state index in [0.717, 1.165) is 0 Å². The van der Waals surface area contributed by atoms with Crippen molar-refractivity contribution >= 4 is 21.5 Å². The SMILES string of the molecule is CC(C)C1c2cc3ccccc3cc2C(C(C)C)c2cc3ccccc3cc21. The third-order valence-corrected chi connectivity index (χ3v) is 6.58. The van der Waals surface area contributed by atoms with Gasteiger partial charge in [0.15, 0.2) is 0 Å². The van der Waals surface area contributed by atoms with Crippen LogP contribution in [0.15, 0.2) is 72.8 Å². The molecular weight excluding hydrogens is 336 g/mol. The largest absolute Gasteiger partial charge is 0.0619 e. The van der Waals surface area contributed by atoms with Crippen LogP contribution in [0.2, 0.25) is 0 Å². The van der Waals surface area contributed by atoms with Crippen LogP contribution in [0.3, 0.4) is 0 Å². The second-order valence-corrected chi connectivity index (χ2v) is 9.10. The molecule has 0 unspecified atom stereocenters. The average molecular weight is 365 g/mol. The van der Waals surface area contributed by atoms with Crippen LogP contribution in [0.5, 0.6) is 0 Å². The quantitative estimate of drug-likeness (QED) is 0.339. The summed E-state index contributed by atoms with van der Waals surface area (Å²) in [7, 11) is 0. The predicted molar refractivity (Wildman–Crippen MR) is 121 cm³/mol. The van der Waals surface area contributed by atoms with Gasteiger partial charge in [0, 0.05) is 11.8 Å². The minimum Gasteiger partial charge on any atom is -0.0619 e. The number of fused-ring (bicyclic) bond motifs is 4. The molecule has 0 heteroatoms. The first-order chi connectivity index (χ1) is 13.5. The first-order valence-corrected chi connectivity index (χ1v) is 10.6. The maximum Gasteiger partial charge on any atom is 0.0119 e. The summed E-state index contributed by atoms with van der Waals surface area (Å²) < 4.78 is 0. The van der Waals surface area contributed by atoms with E-state index in [4.69, 9.17) is 0 Å². The minimum atomic E-state index is 0.453. The molecule has 0 saturated carbocycles. The van der Waals surface area contributed by atoms with Crippen LogP contribution in [0.4, 0.5) is 0 Å². The van der Waals surface area contributed by atoms with Gasteiger partial charge in [0.2, 0.25) is 0 Å². The van der Waals surface area contributed by atoms with Crippen LogP contribution < -0.4 is 0 Å². The number of benzene rings is 4. The Labute approximate surface area is 168 Å². The molecule has 0 fully saturated rings. The highest BCUT2D eigenvalue weighted by atomic mass is 14.4. The summed E-state index contributed by atoms with van der Waals surface area (Å²) in [5, 5.41) is 5.44. The minimum absolute atomic E-state index is 0.453. The van der Waals surface area contributed by atoms with Crippen molar-refractivity contribution in [3.63, 3.8) is 0 Å². The molecule has 4 aromatic rings. The van der Waals surface area contributed by atoms with Crippen molar-refractivity contribution in [2.75, 3.05) is 0 Å². The highest BCUT2D eigenvalue weighted by Gasteiger charge is 2.35. The van der Waals surface area contributed by atoms with Crippen LogP contribution in [-0.2, 0) is 0 Å². The van der Waals surface area contributed by atoms with Crippen molar-refractivity contribution in [1.29, 1.82) is 0 Å². The fraction of sp³-hybridized carbons (Fsp3) is 0.286. The molecule has 0 aromatic heterocycles. The Balaban J connectivity index is 1.87. The summed E-state index contributed by atoms with van der Waals surface area (Å²) in [6.07, 6.45) is 0. The average Bonchev–Trinajstić information content (AvgIpc) is 2.68. The summed E-state index contributed by atoms with van der Waals surface area (Å²) in [5.41, 5.74) is 6.15. The van der Waals surface area contributed by atoms with E-state index in [9.17, 15) is 0 Å². The van der Waals surface area contributed by atoms with Crippen LogP contribution in [0, 0.1) is 11.8 Å². The maximum absolute atomic E-state index is 2.48. The third kappa shape index (κ3) is 2.58. The second-order valence-electron chi connectivity index (χ2n) is 9.10. The molecule has 140 valence electrons. The summed E-state index contributed by atoms with van der Waals surface area (Å²) in [4.78, 5) is 0. The van der Waals surface area contributed by atoms with Gasteiger partial charge in [-0.05, 0) is 55.6 Å². The van der Waals surface area contributed by atoms with Gasteiger partial charge in [-0.3, -0.25) is 0 Å². The zero-order chi connectivity index (χ0) is 19.4. The van der Waals surface area contributed by atoms with Crippen molar-refractivity contribution in [2.45, 2.75) is 39.5 Å². The molecule has 1 aliphatic carbocycles. The topological polar surface area (TPSA) is 0 Å². The smallest absolute Gasteiger partial charge is 0.0119 e. The summed E-state index contributed by atoms with van der Waals surface area (Å²) in [6.45, 7) is 9.49. The molecule has 0 radical (unpaired) electrons. The van der Waals surface area contributed by atoms with E-state index in [1.165, 1.54) is 43.8 Å². The van der Waals surface area contributed by atoms with Crippen molar-refractivity contribution in [3.8, 4) is 0 Å². The van der Waals surface area contributed by atoms with E-state index in [0.29, 0.717) is 23.7 Å². The second kappa shape index (κ2) is 6.48. The van der Waals surface area contributed by atoms with Gasteiger partial charge >= 0.3 is 0 Å². The molecule has 0 saturated heterocycles. The standard InChI is InChI=1S/C28H28/c1-17(2)27-23-13-19-9-5-7-11-21(19)15-25(23)28(18(3)4)26-16-22-12-8-6-10-20(22)14-24(26)27/h5-18,27-28H,1-4H3. The van der Waals surface area contributed by atoms with Crippen LogP contribution >= 0.6 is 0 Å². The molecule has 1 aliphatic rings. The fourth-order valence-corrected chi connectivity index (χ4v) is 5.40. The molecule has 28 heavy (non-hydrogen) atoms. The van der Waals surface area contributed by atoms with E-state index in [1.807, 2.05) is 0 Å². The first-order valence-electron chi connectivity index (χ1n) is 10.6. The predicted octanol–water partition coefficient (Wildman–Crippen LogP) is 7.88. The van der Waals surface area contributed by atoms with Gasteiger partial charge in [-0.25, -0.2) is 0 Å². The van der Waals surface area contributed by atoms with E-state index in [-0.39, 0.29) is 0 Å². The van der Waals surface area contributed by atoms with E-state index in [1.54, 1.807) is 0 Å². The molecule has 0 amide bonds. The lowest BCUT2D eigenvalue weighted by atomic mass is 9.65. The summed E-state index contributed by atoms with van der Waals surface area (Å²) >= 11 is 0. The summed E-state index contributed by atoms with van der Waals surface area (Å²) in [6, 6.07) is 27.6. The van der Waals surface area contributed by atoms with Gasteiger partial charge in [0.25, 0.3) is 0 Å². The lowest BCUT2D eigenvalue weighted by Gasteiger charge is -2.38. The third-order valence-electron chi connectivity index (χ3n) is 6.58. The molecule has 0 spiro atoms. The van der Waals surface area contributed by atoms with E-state index in [2.05, 4.69) is 100 Å². The molecule has 0 nitrogen and oxygen atoms in total. The molecule has 5 rings (SSSR count). The highest BCUT2D eigenvalue weighted by Crippen LogP contribution is 2.50. The van der Waals surface area contributed by atoms with Gasteiger partial charge in [-0.2, -0.15) is 0 Å². The maximum atomic E-state index is 2.48. The van der Waals surface area contributed by atoms with Gasteiger partial charge < -0.3 is 0 Å². The molecule has 4 aromatic carbocycles. The van der Waals surface area contributed by atoms with E-state index >= 15 is 0 Å². The molecule has 0 N–H and O–H groups in total. The molecule has 0 atom stereocenters. The molecule has 0 heterocycles. The van der Waals surface area contributed by atoms with Gasteiger partial charge in [0.05, 0.1) is 0 Å². The Kier molecular flexibility index (Phi) is 4.05. The van der Waals surface area contributed by atoms with Crippen molar-refractivity contribution in [3.05, 3.63) is 95.1 Å². The van der Waals surface area contributed by atoms with Crippen LogP contribution in [0.25, 0.3) is 21.5 Å². The summed E-state index contributed by atoms with van der Waals surface area (Å²) in [5.74, 6) is 2.03. The van der Waals surface area contributed by atoms with Gasteiger partial charge in [0.1, 0.15) is 0 Å². The number of hydrogen-bond acceptors (Lipinski definition) is 0. The first kappa shape index (κ1) is 17.5. The zero-order valence-electron chi connectivity index (χ0n) is 17.2. The monoisotopic (exact) mass is 364 g/mol. The Hall–Kier alpha value is -2.60. The number of hydrogen-bond donors (Lipinski definition) is 0. The number of rotatable bonds is 2. The molecule has 0 bridgehead atoms. The Morgan fingerprint density at radius 2 is 0.714 bits per heavy atom. The van der Waals surface area contributed by atoms with Crippen molar-refractivity contribution in [2.24, 2.45) is 11.8 Å². The Morgan fingerprint density at radius 3 is 0.929 bits per heavy atom. The lowest BCUT2D eigenvalue weighted by molar-refractivity contribution is 0.495. The fourth-order valence-electron chi connectivity index (χ4n) is 5.40.